The highest BCUT2D eigenvalue weighted by molar-refractivity contribution is 5.96. The first-order chi connectivity index (χ1) is 24.8. The number of Topliss-reactive ketones (excluding diaryl/α,β-unsaturated/α-hetero) is 1. The number of carbonyl (C=O) groups excluding carboxylic acids is 3. The molecule has 5 rings (SSSR count). The van der Waals surface area contributed by atoms with E-state index in [0.717, 1.165) is 50.5 Å². The Balaban J connectivity index is 0.000000281. The van der Waals surface area contributed by atoms with Crippen molar-refractivity contribution in [3.05, 3.63) is 131 Å². The first kappa shape index (κ1) is 39.1. The number of hydrogen-bond donors (Lipinski definition) is 0. The van der Waals surface area contributed by atoms with Crippen molar-refractivity contribution in [1.29, 1.82) is 0 Å². The van der Waals surface area contributed by atoms with Crippen molar-refractivity contribution in [1.82, 2.24) is 9.78 Å². The Labute approximate surface area is 306 Å². The predicted octanol–water partition coefficient (Wildman–Crippen LogP) is 9.22. The van der Waals surface area contributed by atoms with Gasteiger partial charge >= 0.3 is 11.9 Å². The van der Waals surface area contributed by atoms with E-state index in [1.807, 2.05) is 127 Å². The zero-order valence-electron chi connectivity index (χ0n) is 31.3. The summed E-state index contributed by atoms with van der Waals surface area (Å²) >= 11 is 0. The topological polar surface area (TPSA) is 106 Å². The molecule has 0 atom stereocenters. The Hall–Kier alpha value is -5.70. The normalized spacial score (nSPS) is 10.8. The molecule has 0 saturated heterocycles. The minimum atomic E-state index is -0.634. The summed E-state index contributed by atoms with van der Waals surface area (Å²) in [5.41, 5.74) is 6.91. The molecule has 0 amide bonds. The van der Waals surface area contributed by atoms with Crippen LogP contribution in [0.5, 0.6) is 11.5 Å². The molecule has 0 aliphatic carbocycles. The first-order valence-electron chi connectivity index (χ1n) is 17.4. The Morgan fingerprint density at radius 1 is 0.769 bits per heavy atom. The predicted molar refractivity (Wildman–Crippen MR) is 202 cm³/mol. The van der Waals surface area contributed by atoms with E-state index < -0.39 is 17.5 Å². The molecule has 0 aliphatic heterocycles. The van der Waals surface area contributed by atoms with E-state index in [2.05, 4.69) is 11.2 Å². The van der Waals surface area contributed by atoms with Crippen LogP contribution in [0.15, 0.2) is 97.1 Å². The second-order valence-electron chi connectivity index (χ2n) is 13.2. The maximum Gasteiger partial charge on any atom is 0.359 e. The number of nitrogens with zero attached hydrogens (tertiary/aromatic N) is 2. The minimum absolute atomic E-state index is 0.157. The van der Waals surface area contributed by atoms with Crippen LogP contribution < -0.4 is 9.47 Å². The van der Waals surface area contributed by atoms with Crippen molar-refractivity contribution in [2.24, 2.45) is 0 Å². The van der Waals surface area contributed by atoms with Crippen LogP contribution in [0.1, 0.15) is 84.1 Å². The molecule has 272 valence electrons. The summed E-state index contributed by atoms with van der Waals surface area (Å²) in [6, 6.07) is 30.7. The van der Waals surface area contributed by atoms with Crippen LogP contribution >= 0.6 is 0 Å². The molecule has 4 aromatic carbocycles. The van der Waals surface area contributed by atoms with Gasteiger partial charge < -0.3 is 18.9 Å². The zero-order chi connectivity index (χ0) is 37.8. The maximum atomic E-state index is 12.9. The molecule has 5 aromatic rings. The number of esters is 2. The lowest BCUT2D eigenvalue weighted by Crippen LogP contribution is -2.24. The number of benzene rings is 4. The summed E-state index contributed by atoms with van der Waals surface area (Å²) in [7, 11) is 0. The molecule has 0 radical (unpaired) electrons. The summed E-state index contributed by atoms with van der Waals surface area (Å²) in [6.45, 7) is 15.7. The maximum absolute atomic E-state index is 12.9. The molecule has 52 heavy (non-hydrogen) atoms. The fourth-order valence-electron chi connectivity index (χ4n) is 5.31. The Kier molecular flexibility index (Phi) is 13.5. The molecule has 0 spiro atoms. The smallest absolute Gasteiger partial charge is 0.359 e. The molecule has 0 N–H and O–H groups in total. The number of aryl methyl sites for hydroxylation is 2. The molecule has 0 aliphatic rings. The summed E-state index contributed by atoms with van der Waals surface area (Å²) in [6.07, 6.45) is 0.532. The highest BCUT2D eigenvalue weighted by atomic mass is 16.6. The highest BCUT2D eigenvalue weighted by Gasteiger charge is 2.27. The van der Waals surface area contributed by atoms with E-state index in [1.54, 1.807) is 23.7 Å². The molecule has 9 nitrogen and oxygen atoms in total. The fourth-order valence-corrected chi connectivity index (χ4v) is 5.31. The lowest BCUT2D eigenvalue weighted by atomic mass is 10.1. The van der Waals surface area contributed by atoms with E-state index in [9.17, 15) is 14.4 Å². The van der Waals surface area contributed by atoms with Gasteiger partial charge in [-0.05, 0) is 114 Å². The van der Waals surface area contributed by atoms with Gasteiger partial charge in [-0.3, -0.25) is 4.79 Å². The Bertz CT molecular complexity index is 1960. The quantitative estimate of drug-likeness (QED) is 0.0935. The average molecular weight is 705 g/mol. The molecule has 0 bridgehead atoms. The van der Waals surface area contributed by atoms with Crippen molar-refractivity contribution in [3.63, 3.8) is 0 Å². The number of ketones is 1. The van der Waals surface area contributed by atoms with Crippen LogP contribution in [-0.2, 0) is 20.9 Å². The van der Waals surface area contributed by atoms with Crippen molar-refractivity contribution < 1.29 is 33.3 Å². The van der Waals surface area contributed by atoms with Crippen LogP contribution in [0.4, 0.5) is 0 Å². The van der Waals surface area contributed by atoms with Gasteiger partial charge in [0.15, 0.2) is 18.1 Å². The second kappa shape index (κ2) is 18.0. The molecular weight excluding hydrogens is 656 g/mol. The number of ether oxygens (including phenoxy) is 4. The van der Waals surface area contributed by atoms with Gasteiger partial charge in [0.05, 0.1) is 18.0 Å². The lowest BCUT2D eigenvalue weighted by molar-refractivity contribution is -0.145. The van der Waals surface area contributed by atoms with Crippen molar-refractivity contribution >= 4 is 17.7 Å². The third kappa shape index (κ3) is 10.9. The van der Waals surface area contributed by atoms with Crippen LogP contribution in [-0.4, -0.2) is 46.3 Å². The first-order valence-corrected chi connectivity index (χ1v) is 17.4. The largest absolute Gasteiger partial charge is 0.489 e. The number of aromatic nitrogens is 2. The average Bonchev–Trinajstić information content (AvgIpc) is 3.46. The van der Waals surface area contributed by atoms with E-state index >= 15 is 0 Å². The molecule has 0 unspecified atom stereocenters. The Morgan fingerprint density at radius 2 is 1.40 bits per heavy atom. The van der Waals surface area contributed by atoms with Crippen LogP contribution in [0.2, 0.25) is 0 Å². The van der Waals surface area contributed by atoms with Crippen LogP contribution in [0, 0.1) is 20.8 Å². The van der Waals surface area contributed by atoms with Gasteiger partial charge in [-0.15, -0.1) is 0 Å². The number of rotatable bonds is 12. The van der Waals surface area contributed by atoms with Gasteiger partial charge in [0.2, 0.25) is 0 Å². The molecule has 9 heteroatoms. The molecule has 0 fully saturated rings. The van der Waals surface area contributed by atoms with Gasteiger partial charge in [0, 0.05) is 23.1 Å². The third-order valence-electron chi connectivity index (χ3n) is 7.83. The minimum Gasteiger partial charge on any atom is -0.489 e. The highest BCUT2D eigenvalue weighted by Crippen LogP contribution is 2.32. The number of hydrogen-bond acceptors (Lipinski definition) is 8. The summed E-state index contributed by atoms with van der Waals surface area (Å²) in [4.78, 5) is 36.0. The van der Waals surface area contributed by atoms with Gasteiger partial charge in [-0.25, -0.2) is 14.3 Å². The summed E-state index contributed by atoms with van der Waals surface area (Å²) in [5.74, 6) is 0.594. The van der Waals surface area contributed by atoms with E-state index in [-0.39, 0.29) is 18.1 Å². The van der Waals surface area contributed by atoms with Crippen molar-refractivity contribution in [2.75, 3.05) is 13.2 Å². The van der Waals surface area contributed by atoms with E-state index in [0.29, 0.717) is 25.4 Å². The summed E-state index contributed by atoms with van der Waals surface area (Å²) in [5, 5.41) is 4.68. The van der Waals surface area contributed by atoms with Crippen LogP contribution in [0.3, 0.4) is 0 Å². The molecule has 0 saturated carbocycles. The van der Waals surface area contributed by atoms with Crippen molar-refractivity contribution in [3.8, 4) is 28.4 Å². The summed E-state index contributed by atoms with van der Waals surface area (Å²) < 4.78 is 23.5. The van der Waals surface area contributed by atoms with Gasteiger partial charge in [-0.2, -0.15) is 5.10 Å². The van der Waals surface area contributed by atoms with Gasteiger partial charge in [-0.1, -0.05) is 55.0 Å². The Morgan fingerprint density at radius 3 is 2.00 bits per heavy atom. The second-order valence-corrected chi connectivity index (χ2v) is 13.2. The number of carbonyl (C=O) groups is 3. The fraction of sp³-hybridized carbons (Fsp3) is 0.302. The third-order valence-corrected chi connectivity index (χ3v) is 7.83. The van der Waals surface area contributed by atoms with E-state index in [4.69, 9.17) is 18.9 Å². The molecule has 1 aromatic heterocycles. The molecular formula is C43H48N2O7. The van der Waals surface area contributed by atoms with Crippen molar-refractivity contribution in [2.45, 2.75) is 74.0 Å². The SMILES string of the molecule is CCC(=O)c1ccc(OCc2ccccc2)cc1.CCOC(=O)COc1ccc(-c2c(C)c(C(=O)OC(C)(C)C)nn2-c2ccc(C)cc2C)cc1. The van der Waals surface area contributed by atoms with E-state index in [1.165, 1.54) is 0 Å². The molecule has 1 heterocycles. The van der Waals surface area contributed by atoms with Crippen LogP contribution in [0.25, 0.3) is 16.9 Å². The van der Waals surface area contributed by atoms with Gasteiger partial charge in [0.1, 0.15) is 23.7 Å². The standard InChI is InChI=1S/C27H32N2O5.C16H16O2/c1-8-32-23(30)16-33-21-12-10-20(11-13-21)25-19(4)24(26(31)34-27(5,6)7)28-29(25)22-14-9-17(2)15-18(22)3;1-2-16(17)14-8-10-15(11-9-14)18-12-13-6-4-3-5-7-13/h9-15H,8,16H2,1-7H3;3-11H,2,12H2,1H3. The zero-order valence-corrected chi connectivity index (χ0v) is 31.3. The van der Waals surface area contributed by atoms with Gasteiger partial charge in [0.25, 0.3) is 0 Å². The monoisotopic (exact) mass is 704 g/mol. The lowest BCUT2D eigenvalue weighted by Gasteiger charge is -2.18.